The van der Waals surface area contributed by atoms with Gasteiger partial charge >= 0.3 is 6.03 Å². The van der Waals surface area contributed by atoms with Crippen molar-refractivity contribution in [3.8, 4) is 0 Å². The third kappa shape index (κ3) is 3.89. The highest BCUT2D eigenvalue weighted by Crippen LogP contribution is 2.24. The first-order valence-corrected chi connectivity index (χ1v) is 6.10. The number of nitrogens with zero attached hydrogens (tertiary/aromatic N) is 1. The number of hydrogen-bond acceptors (Lipinski definition) is 2. The van der Waals surface area contributed by atoms with Gasteiger partial charge in [0.25, 0.3) is 0 Å². The molecule has 2 N–H and O–H groups in total. The Morgan fingerprint density at radius 1 is 1.47 bits per heavy atom. The van der Waals surface area contributed by atoms with E-state index in [1.165, 1.54) is 0 Å². The number of rotatable bonds is 4. The van der Waals surface area contributed by atoms with Crippen LogP contribution in [0.5, 0.6) is 0 Å². The minimum absolute atomic E-state index is 0.219. The third-order valence-corrected chi connectivity index (χ3v) is 3.06. The van der Waals surface area contributed by atoms with E-state index in [9.17, 15) is 4.79 Å². The van der Waals surface area contributed by atoms with Gasteiger partial charge in [-0.2, -0.15) is 0 Å². The first-order valence-electron chi connectivity index (χ1n) is 5.72. The molecular formula is C12H18ClN3O. The molecule has 0 atom stereocenters. The second kappa shape index (κ2) is 6.45. The molecule has 1 aromatic heterocycles. The smallest absolute Gasteiger partial charge is 0.319 e. The molecule has 0 fully saturated rings. The van der Waals surface area contributed by atoms with Crippen molar-refractivity contribution >= 4 is 23.3 Å². The molecule has 94 valence electrons. The van der Waals surface area contributed by atoms with Crippen LogP contribution in [0.4, 0.5) is 10.5 Å². The first kappa shape index (κ1) is 13.8. The fourth-order valence-electron chi connectivity index (χ4n) is 1.38. The van der Waals surface area contributed by atoms with Gasteiger partial charge < -0.3 is 10.6 Å². The molecule has 0 aliphatic rings. The lowest BCUT2D eigenvalue weighted by atomic mass is 10.2. The molecule has 1 rings (SSSR count). The number of carbonyl (C=O) groups excluding carboxylic acids is 1. The summed E-state index contributed by atoms with van der Waals surface area (Å²) in [7, 11) is 0. The molecule has 1 aromatic rings. The van der Waals surface area contributed by atoms with Crippen LogP contribution in [0.15, 0.2) is 6.20 Å². The molecule has 5 heteroatoms. The highest BCUT2D eigenvalue weighted by molar-refractivity contribution is 6.32. The molecule has 0 spiro atoms. The Morgan fingerprint density at radius 3 is 2.82 bits per heavy atom. The van der Waals surface area contributed by atoms with Crippen LogP contribution in [-0.4, -0.2) is 17.6 Å². The van der Waals surface area contributed by atoms with E-state index in [1.807, 2.05) is 13.8 Å². The molecule has 17 heavy (non-hydrogen) atoms. The van der Waals surface area contributed by atoms with Crippen LogP contribution >= 0.6 is 11.6 Å². The number of nitrogens with one attached hydrogen (secondary N) is 2. The first-order chi connectivity index (χ1) is 8.06. The van der Waals surface area contributed by atoms with Crippen LogP contribution in [0.25, 0.3) is 0 Å². The average molecular weight is 256 g/mol. The molecule has 0 radical (unpaired) electrons. The van der Waals surface area contributed by atoms with Crippen molar-refractivity contribution in [2.75, 3.05) is 11.9 Å². The van der Waals surface area contributed by atoms with E-state index in [2.05, 4.69) is 22.5 Å². The number of unbranched alkanes of at least 4 members (excludes halogenated alkanes) is 1. The highest BCUT2D eigenvalue weighted by atomic mass is 35.5. The predicted octanol–water partition coefficient (Wildman–Crippen LogP) is 3.27. The number of amides is 2. The molecule has 0 aliphatic heterocycles. The molecule has 1 heterocycles. The lowest BCUT2D eigenvalue weighted by Crippen LogP contribution is -2.29. The normalized spacial score (nSPS) is 10.1. The quantitative estimate of drug-likeness (QED) is 0.812. The van der Waals surface area contributed by atoms with Crippen LogP contribution in [-0.2, 0) is 0 Å². The Labute approximate surface area is 107 Å². The van der Waals surface area contributed by atoms with Crippen molar-refractivity contribution in [1.82, 2.24) is 10.3 Å². The van der Waals surface area contributed by atoms with Crippen molar-refractivity contribution in [2.45, 2.75) is 33.6 Å². The number of urea groups is 1. The summed E-state index contributed by atoms with van der Waals surface area (Å²) in [4.78, 5) is 15.7. The molecular weight excluding hydrogens is 238 g/mol. The van der Waals surface area contributed by atoms with E-state index < -0.39 is 0 Å². The second-order valence-electron chi connectivity index (χ2n) is 3.93. The minimum Gasteiger partial charge on any atom is -0.338 e. The summed E-state index contributed by atoms with van der Waals surface area (Å²) < 4.78 is 0. The third-order valence-electron chi connectivity index (χ3n) is 2.50. The summed E-state index contributed by atoms with van der Waals surface area (Å²) >= 11 is 6.06. The lowest BCUT2D eigenvalue weighted by molar-refractivity contribution is 0.252. The van der Waals surface area contributed by atoms with E-state index >= 15 is 0 Å². The van der Waals surface area contributed by atoms with Gasteiger partial charge in [-0.25, -0.2) is 4.79 Å². The molecule has 0 saturated heterocycles. The Hall–Kier alpha value is -1.29. The van der Waals surface area contributed by atoms with Gasteiger partial charge in [0.1, 0.15) is 0 Å². The zero-order valence-electron chi connectivity index (χ0n) is 10.4. The topological polar surface area (TPSA) is 54.0 Å². The molecule has 2 amide bonds. The number of aryl methyl sites for hydroxylation is 1. The molecule has 0 aromatic carbocycles. The van der Waals surface area contributed by atoms with E-state index in [4.69, 9.17) is 11.6 Å². The largest absolute Gasteiger partial charge is 0.338 e. The van der Waals surface area contributed by atoms with Gasteiger partial charge in [0, 0.05) is 6.54 Å². The Morgan fingerprint density at radius 2 is 2.18 bits per heavy atom. The zero-order valence-corrected chi connectivity index (χ0v) is 11.2. The van der Waals surface area contributed by atoms with Crippen molar-refractivity contribution in [3.63, 3.8) is 0 Å². The maximum Gasteiger partial charge on any atom is 0.319 e. The lowest BCUT2D eigenvalue weighted by Gasteiger charge is -2.11. The van der Waals surface area contributed by atoms with Crippen LogP contribution < -0.4 is 10.6 Å². The molecule has 0 unspecified atom stereocenters. The van der Waals surface area contributed by atoms with Gasteiger partial charge in [0.2, 0.25) is 0 Å². The van der Waals surface area contributed by atoms with Crippen molar-refractivity contribution in [3.05, 3.63) is 22.5 Å². The maximum absolute atomic E-state index is 11.5. The zero-order chi connectivity index (χ0) is 12.8. The van der Waals surface area contributed by atoms with Crippen molar-refractivity contribution in [2.24, 2.45) is 0 Å². The molecule has 4 nitrogen and oxygen atoms in total. The van der Waals surface area contributed by atoms with Crippen LogP contribution in [0.3, 0.4) is 0 Å². The summed E-state index contributed by atoms with van der Waals surface area (Å²) in [5.41, 5.74) is 2.25. The summed E-state index contributed by atoms with van der Waals surface area (Å²) in [6.07, 6.45) is 3.65. The molecule has 0 saturated carbocycles. The Balaban J connectivity index is 2.63. The van der Waals surface area contributed by atoms with Crippen molar-refractivity contribution < 1.29 is 4.79 Å². The van der Waals surface area contributed by atoms with Gasteiger partial charge in [-0.3, -0.25) is 4.98 Å². The van der Waals surface area contributed by atoms with Gasteiger partial charge in [-0.15, -0.1) is 0 Å². The minimum atomic E-state index is -0.219. The fraction of sp³-hybridized carbons (Fsp3) is 0.500. The van der Waals surface area contributed by atoms with Crippen LogP contribution in [0, 0.1) is 13.8 Å². The van der Waals surface area contributed by atoms with E-state index in [1.54, 1.807) is 6.20 Å². The maximum atomic E-state index is 11.5. The molecule has 0 bridgehead atoms. The van der Waals surface area contributed by atoms with E-state index in [-0.39, 0.29) is 6.03 Å². The van der Waals surface area contributed by atoms with Crippen LogP contribution in [0.2, 0.25) is 5.02 Å². The van der Waals surface area contributed by atoms with Crippen molar-refractivity contribution in [1.29, 1.82) is 0 Å². The predicted molar refractivity (Wildman–Crippen MR) is 70.7 cm³/mol. The fourth-order valence-corrected chi connectivity index (χ4v) is 1.53. The van der Waals surface area contributed by atoms with E-state index in [0.29, 0.717) is 17.3 Å². The van der Waals surface area contributed by atoms with Crippen LogP contribution in [0.1, 0.15) is 31.0 Å². The number of carbonyl (C=O) groups is 1. The summed E-state index contributed by atoms with van der Waals surface area (Å²) in [5, 5.41) is 6.11. The SMILES string of the molecule is CCCCNC(=O)Nc1cnc(C)c(Cl)c1C. The summed E-state index contributed by atoms with van der Waals surface area (Å²) in [6.45, 7) is 6.45. The number of anilines is 1. The summed E-state index contributed by atoms with van der Waals surface area (Å²) in [6, 6.07) is -0.219. The standard InChI is InChI=1S/C12H18ClN3O/c1-4-5-6-14-12(17)16-10-7-15-9(3)11(13)8(10)2/h7H,4-6H2,1-3H3,(H2,14,16,17). The summed E-state index contributed by atoms with van der Waals surface area (Å²) in [5.74, 6) is 0. The molecule has 0 aliphatic carbocycles. The average Bonchev–Trinajstić information content (AvgIpc) is 2.30. The number of hydrogen-bond donors (Lipinski definition) is 2. The highest BCUT2D eigenvalue weighted by Gasteiger charge is 2.08. The second-order valence-corrected chi connectivity index (χ2v) is 4.31. The monoisotopic (exact) mass is 255 g/mol. The Bertz CT molecular complexity index is 407. The van der Waals surface area contributed by atoms with Gasteiger partial charge in [-0.1, -0.05) is 24.9 Å². The number of halogens is 1. The number of aromatic nitrogens is 1. The van der Waals surface area contributed by atoms with Gasteiger partial charge in [0.05, 0.1) is 22.6 Å². The van der Waals surface area contributed by atoms with Gasteiger partial charge in [-0.05, 0) is 25.8 Å². The Kier molecular flexibility index (Phi) is 5.22. The van der Waals surface area contributed by atoms with E-state index in [0.717, 1.165) is 24.1 Å². The number of pyridine rings is 1. The van der Waals surface area contributed by atoms with Gasteiger partial charge in [0.15, 0.2) is 0 Å².